The van der Waals surface area contributed by atoms with E-state index >= 15 is 0 Å². The maximum atomic E-state index is 14.1. The van der Waals surface area contributed by atoms with Crippen molar-refractivity contribution in [3.8, 4) is 22.8 Å². The number of anilines is 1. The van der Waals surface area contributed by atoms with Crippen LogP contribution in [0.2, 0.25) is 0 Å². The Bertz CT molecular complexity index is 1520. The molecule has 2 N–H and O–H groups in total. The van der Waals surface area contributed by atoms with Gasteiger partial charge in [-0.3, -0.25) is 5.41 Å². The zero-order chi connectivity index (χ0) is 27.1. The smallest absolute Gasteiger partial charge is 0.226 e. The van der Waals surface area contributed by atoms with Gasteiger partial charge in [-0.15, -0.1) is 0 Å². The fourth-order valence-corrected chi connectivity index (χ4v) is 5.99. The van der Waals surface area contributed by atoms with Gasteiger partial charge >= 0.3 is 0 Å². The molecule has 3 aromatic heterocycles. The minimum absolute atomic E-state index is 0.108. The molecule has 0 bridgehead atoms. The molecule has 3 unspecified atom stereocenters. The Balaban J connectivity index is 1.05. The highest BCUT2D eigenvalue weighted by Crippen LogP contribution is 2.51. The van der Waals surface area contributed by atoms with Crippen LogP contribution in [0.5, 0.6) is 0 Å². The molecule has 204 valence electrons. The molecule has 0 aromatic carbocycles. The van der Waals surface area contributed by atoms with E-state index < -0.39 is 0 Å². The van der Waals surface area contributed by atoms with Crippen molar-refractivity contribution in [2.24, 2.45) is 11.8 Å². The van der Waals surface area contributed by atoms with Crippen molar-refractivity contribution in [2.75, 3.05) is 37.7 Å². The summed E-state index contributed by atoms with van der Waals surface area (Å²) in [5.41, 5.74) is 4.21. The number of allylic oxidation sites excluding steroid dienone is 3. The first-order valence-corrected chi connectivity index (χ1v) is 13.9. The Labute approximate surface area is 232 Å². The Kier molecular flexibility index (Phi) is 6.47. The molecule has 0 amide bonds. The fraction of sp³-hybridized carbons (Fsp3) is 0.367. The highest BCUT2D eigenvalue weighted by Gasteiger charge is 2.45. The van der Waals surface area contributed by atoms with E-state index in [1.807, 2.05) is 30.3 Å². The molecule has 2 saturated heterocycles. The molecule has 3 aromatic rings. The lowest BCUT2D eigenvalue weighted by Crippen LogP contribution is -2.37. The molecule has 7 rings (SSSR count). The van der Waals surface area contributed by atoms with Crippen molar-refractivity contribution in [2.45, 2.75) is 25.3 Å². The number of rotatable bonds is 6. The highest BCUT2D eigenvalue weighted by atomic mass is 19.1. The second kappa shape index (κ2) is 10.4. The molecule has 10 heteroatoms. The van der Waals surface area contributed by atoms with Gasteiger partial charge in [0.2, 0.25) is 5.95 Å². The number of ether oxygens (including phenoxy) is 1. The van der Waals surface area contributed by atoms with Crippen LogP contribution < -0.4 is 4.90 Å². The lowest BCUT2D eigenvalue weighted by Gasteiger charge is -2.29. The molecule has 3 atom stereocenters. The number of hydrogen-bond acceptors (Lipinski definition) is 7. The van der Waals surface area contributed by atoms with Crippen LogP contribution in [-0.4, -0.2) is 74.5 Å². The zero-order valence-electron chi connectivity index (χ0n) is 22.1. The van der Waals surface area contributed by atoms with Crippen molar-refractivity contribution in [1.82, 2.24) is 29.8 Å². The Hall–Kier alpha value is -4.18. The summed E-state index contributed by atoms with van der Waals surface area (Å²) in [7, 11) is 0. The first kappa shape index (κ1) is 24.8. The Morgan fingerprint density at radius 3 is 2.83 bits per heavy atom. The number of amidine groups is 1. The molecule has 5 heterocycles. The van der Waals surface area contributed by atoms with E-state index in [-0.39, 0.29) is 11.9 Å². The standard InChI is InChI=1S/C30H31FN8O/c31-20-15-19-16-21(19)22(17-20)27-5-2-10-39(27)28(32)6-7-29-34-18-26(36-29)24-4-1-3-23(35-24)25-8-9-33-30(37-25)38-11-13-40-14-12-38/h1,3-4,6-9,15,17-19,21,27,32H,2,5,10-14,16H2,(H,34,36)/b7-6-,32-28?. The van der Waals surface area contributed by atoms with Crippen molar-refractivity contribution in [3.05, 3.63) is 72.1 Å². The third kappa shape index (κ3) is 4.95. The van der Waals surface area contributed by atoms with Crippen LogP contribution >= 0.6 is 0 Å². The second-order valence-corrected chi connectivity index (χ2v) is 10.7. The number of H-pyrrole nitrogens is 1. The van der Waals surface area contributed by atoms with E-state index in [0.29, 0.717) is 42.7 Å². The van der Waals surface area contributed by atoms with Crippen molar-refractivity contribution in [1.29, 1.82) is 5.41 Å². The van der Waals surface area contributed by atoms with Gasteiger partial charge in [0.15, 0.2) is 0 Å². The maximum absolute atomic E-state index is 14.1. The SMILES string of the molecule is N=C(/C=C\c1ncc(-c2cccc(-c3ccnc(N4CCOCC4)n3)n2)[nH]1)N1CCCC1C1=CC(F)=CC2CC12. The van der Waals surface area contributed by atoms with Crippen LogP contribution in [0.3, 0.4) is 0 Å². The molecule has 4 aliphatic rings. The van der Waals surface area contributed by atoms with E-state index in [4.69, 9.17) is 20.1 Å². The second-order valence-electron chi connectivity index (χ2n) is 10.7. The number of fused-ring (bicyclic) bond motifs is 1. The van der Waals surface area contributed by atoms with Crippen LogP contribution in [0, 0.1) is 17.2 Å². The number of aromatic nitrogens is 5. The summed E-state index contributed by atoms with van der Waals surface area (Å²) in [6.45, 7) is 3.70. The fourth-order valence-electron chi connectivity index (χ4n) is 5.99. The average molecular weight is 539 g/mol. The first-order valence-electron chi connectivity index (χ1n) is 13.9. The lowest BCUT2D eigenvalue weighted by atomic mass is 9.95. The molecule has 40 heavy (non-hydrogen) atoms. The van der Waals surface area contributed by atoms with E-state index in [9.17, 15) is 4.39 Å². The number of imidazole rings is 1. The summed E-state index contributed by atoms with van der Waals surface area (Å²) in [5, 5.41) is 8.73. The zero-order valence-corrected chi connectivity index (χ0v) is 22.1. The molecule has 0 spiro atoms. The van der Waals surface area contributed by atoms with Crippen LogP contribution in [0.15, 0.2) is 66.3 Å². The van der Waals surface area contributed by atoms with Gasteiger partial charge in [0.05, 0.1) is 48.2 Å². The molecule has 2 aliphatic heterocycles. The summed E-state index contributed by atoms with van der Waals surface area (Å²) in [5.74, 6) is 2.43. The maximum Gasteiger partial charge on any atom is 0.226 e. The summed E-state index contributed by atoms with van der Waals surface area (Å²) in [6, 6.07) is 7.80. The molecule has 9 nitrogen and oxygen atoms in total. The predicted octanol–water partition coefficient (Wildman–Crippen LogP) is 4.65. The number of aromatic amines is 1. The molecular weight excluding hydrogens is 507 g/mol. The molecule has 0 radical (unpaired) electrons. The van der Waals surface area contributed by atoms with Crippen LogP contribution in [0.4, 0.5) is 10.3 Å². The number of halogens is 1. The number of morpholine rings is 1. The average Bonchev–Trinajstić information content (AvgIpc) is 3.37. The molecular formula is C30H31FN8O. The minimum Gasteiger partial charge on any atom is -0.378 e. The van der Waals surface area contributed by atoms with Crippen LogP contribution in [0.1, 0.15) is 25.1 Å². The van der Waals surface area contributed by atoms with E-state index in [0.717, 1.165) is 67.2 Å². The van der Waals surface area contributed by atoms with Gasteiger partial charge in [0.25, 0.3) is 0 Å². The highest BCUT2D eigenvalue weighted by molar-refractivity contribution is 5.94. The third-order valence-corrected chi connectivity index (χ3v) is 8.11. The summed E-state index contributed by atoms with van der Waals surface area (Å²) >= 11 is 0. The Morgan fingerprint density at radius 2 is 1.93 bits per heavy atom. The van der Waals surface area contributed by atoms with Gasteiger partial charge in [-0.05, 0) is 79.2 Å². The topological polar surface area (TPSA) is 107 Å². The normalized spacial score (nSPS) is 24.2. The van der Waals surface area contributed by atoms with Gasteiger partial charge < -0.3 is 19.5 Å². The number of nitrogens with one attached hydrogen (secondary N) is 2. The molecule has 3 fully saturated rings. The van der Waals surface area contributed by atoms with Gasteiger partial charge in [-0.25, -0.2) is 24.3 Å². The van der Waals surface area contributed by atoms with Crippen LogP contribution in [-0.2, 0) is 4.74 Å². The van der Waals surface area contributed by atoms with E-state index in [1.165, 1.54) is 0 Å². The number of hydrogen-bond donors (Lipinski definition) is 2. The van der Waals surface area contributed by atoms with Gasteiger partial charge in [0.1, 0.15) is 17.5 Å². The molecule has 2 aliphatic carbocycles. The Morgan fingerprint density at radius 1 is 1.07 bits per heavy atom. The monoisotopic (exact) mass is 538 g/mol. The number of likely N-dealkylation sites (tertiary alicyclic amines) is 1. The van der Waals surface area contributed by atoms with Gasteiger partial charge in [0, 0.05) is 25.8 Å². The van der Waals surface area contributed by atoms with Crippen molar-refractivity contribution >= 4 is 17.9 Å². The summed E-state index contributed by atoms with van der Waals surface area (Å²) in [6.07, 6.45) is 13.6. The van der Waals surface area contributed by atoms with Crippen LogP contribution in [0.25, 0.3) is 28.9 Å². The summed E-state index contributed by atoms with van der Waals surface area (Å²) in [4.78, 5) is 26.0. The van der Waals surface area contributed by atoms with Gasteiger partial charge in [-0.1, -0.05) is 6.07 Å². The quantitative estimate of drug-likeness (QED) is 0.348. The minimum atomic E-state index is -0.124. The van der Waals surface area contributed by atoms with E-state index in [2.05, 4.69) is 24.8 Å². The van der Waals surface area contributed by atoms with Crippen molar-refractivity contribution < 1.29 is 9.13 Å². The lowest BCUT2D eigenvalue weighted by molar-refractivity contribution is 0.122. The largest absolute Gasteiger partial charge is 0.378 e. The first-order chi connectivity index (χ1) is 19.6. The third-order valence-electron chi connectivity index (χ3n) is 8.11. The molecule has 1 saturated carbocycles. The number of nitrogens with zero attached hydrogens (tertiary/aromatic N) is 6. The van der Waals surface area contributed by atoms with Crippen molar-refractivity contribution in [3.63, 3.8) is 0 Å². The number of pyridine rings is 1. The van der Waals surface area contributed by atoms with E-state index in [1.54, 1.807) is 30.6 Å². The van der Waals surface area contributed by atoms with Gasteiger partial charge in [-0.2, -0.15) is 0 Å². The summed E-state index contributed by atoms with van der Waals surface area (Å²) < 4.78 is 19.5. The predicted molar refractivity (Wildman–Crippen MR) is 151 cm³/mol.